The van der Waals surface area contributed by atoms with Gasteiger partial charge in [-0.05, 0) is 24.3 Å². The first-order valence-electron chi connectivity index (χ1n) is 6.31. The summed E-state index contributed by atoms with van der Waals surface area (Å²) in [5, 5.41) is 3.07. The number of rotatable bonds is 4. The fraction of sp³-hybridized carbons (Fsp3) is 0.214. The molecular weight excluding hydrogens is 294 g/mol. The van der Waals surface area contributed by atoms with Crippen molar-refractivity contribution in [3.05, 3.63) is 41.1 Å². The van der Waals surface area contributed by atoms with Crippen molar-refractivity contribution in [3.63, 3.8) is 0 Å². The molecule has 2 amide bonds. The quantitative estimate of drug-likeness (QED) is 0.640. The largest absolute Gasteiger partial charge is 0.398 e. The second-order valence-electron chi connectivity index (χ2n) is 4.53. The standard InChI is InChI=1S/C14H14ClN3O3/c15-9-1-2-12(16)11(7-9)14(21)17-4-6-18-5-3-10(19)8-13(18)20/h1-3,5,7H,4,6,8,16H2,(H,17,21). The second-order valence-corrected chi connectivity index (χ2v) is 4.97. The monoisotopic (exact) mass is 307 g/mol. The number of carbonyl (C=O) groups excluding carboxylic acids is 3. The van der Waals surface area contributed by atoms with E-state index in [1.807, 2.05) is 0 Å². The molecular formula is C14H14ClN3O3. The van der Waals surface area contributed by atoms with Gasteiger partial charge in [0.25, 0.3) is 5.91 Å². The number of halogens is 1. The molecule has 0 saturated heterocycles. The van der Waals surface area contributed by atoms with Crippen LogP contribution in [0, 0.1) is 0 Å². The zero-order valence-electron chi connectivity index (χ0n) is 11.1. The van der Waals surface area contributed by atoms with Crippen LogP contribution >= 0.6 is 11.6 Å². The van der Waals surface area contributed by atoms with Crippen LogP contribution in [-0.2, 0) is 9.59 Å². The van der Waals surface area contributed by atoms with Crippen molar-refractivity contribution in [2.24, 2.45) is 0 Å². The van der Waals surface area contributed by atoms with Crippen molar-refractivity contribution < 1.29 is 14.4 Å². The minimum Gasteiger partial charge on any atom is -0.398 e. The summed E-state index contributed by atoms with van der Waals surface area (Å²) in [5.74, 6) is -0.856. The van der Waals surface area contributed by atoms with Gasteiger partial charge in [0.1, 0.15) is 0 Å². The van der Waals surface area contributed by atoms with Crippen molar-refractivity contribution in [1.29, 1.82) is 0 Å². The van der Waals surface area contributed by atoms with Gasteiger partial charge in [-0.25, -0.2) is 0 Å². The first-order chi connectivity index (χ1) is 9.97. The third-order valence-corrected chi connectivity index (χ3v) is 3.22. The van der Waals surface area contributed by atoms with Gasteiger partial charge in [0.2, 0.25) is 5.91 Å². The lowest BCUT2D eigenvalue weighted by Gasteiger charge is -2.20. The summed E-state index contributed by atoms with van der Waals surface area (Å²) in [5.41, 5.74) is 6.33. The maximum atomic E-state index is 12.0. The molecule has 0 radical (unpaired) electrons. The molecule has 1 aliphatic rings. The predicted molar refractivity (Wildman–Crippen MR) is 78.7 cm³/mol. The van der Waals surface area contributed by atoms with Gasteiger partial charge in [0.15, 0.2) is 5.78 Å². The Balaban J connectivity index is 1.90. The van der Waals surface area contributed by atoms with E-state index in [0.29, 0.717) is 10.7 Å². The molecule has 0 spiro atoms. The summed E-state index contributed by atoms with van der Waals surface area (Å²) in [6, 6.07) is 4.64. The number of allylic oxidation sites excluding steroid dienone is 1. The number of nitrogen functional groups attached to an aromatic ring is 1. The van der Waals surface area contributed by atoms with Crippen LogP contribution in [-0.4, -0.2) is 35.6 Å². The number of nitrogens with two attached hydrogens (primary N) is 1. The average molecular weight is 308 g/mol. The van der Waals surface area contributed by atoms with Gasteiger partial charge < -0.3 is 16.0 Å². The highest BCUT2D eigenvalue weighted by molar-refractivity contribution is 6.31. The van der Waals surface area contributed by atoms with Crippen molar-refractivity contribution in [2.75, 3.05) is 18.8 Å². The lowest BCUT2D eigenvalue weighted by molar-refractivity contribution is -0.133. The highest BCUT2D eigenvalue weighted by Gasteiger charge is 2.19. The Morgan fingerprint density at radius 3 is 2.86 bits per heavy atom. The molecule has 1 aromatic rings. The van der Waals surface area contributed by atoms with E-state index in [1.165, 1.54) is 23.2 Å². The van der Waals surface area contributed by atoms with Gasteiger partial charge >= 0.3 is 0 Å². The molecule has 1 aromatic carbocycles. The molecule has 0 unspecified atom stereocenters. The molecule has 3 N–H and O–H groups in total. The molecule has 110 valence electrons. The first kappa shape index (κ1) is 15.1. The SMILES string of the molecule is Nc1ccc(Cl)cc1C(=O)NCCN1C=CC(=O)CC1=O. The van der Waals surface area contributed by atoms with Gasteiger partial charge in [-0.15, -0.1) is 0 Å². The lowest BCUT2D eigenvalue weighted by atomic mass is 10.1. The third-order valence-electron chi connectivity index (χ3n) is 2.98. The van der Waals surface area contributed by atoms with Crippen LogP contribution in [0.1, 0.15) is 16.8 Å². The van der Waals surface area contributed by atoms with Gasteiger partial charge in [-0.1, -0.05) is 11.6 Å². The van der Waals surface area contributed by atoms with Crippen LogP contribution in [0.25, 0.3) is 0 Å². The minimum atomic E-state index is -0.362. The number of ketones is 1. The second kappa shape index (κ2) is 6.41. The highest BCUT2D eigenvalue weighted by Crippen LogP contribution is 2.17. The Hall–Kier alpha value is -2.34. The number of benzene rings is 1. The maximum Gasteiger partial charge on any atom is 0.253 e. The molecule has 7 heteroatoms. The number of hydrogen-bond donors (Lipinski definition) is 2. The van der Waals surface area contributed by atoms with Gasteiger partial charge in [-0.3, -0.25) is 14.4 Å². The van der Waals surface area contributed by atoms with Crippen molar-refractivity contribution in [2.45, 2.75) is 6.42 Å². The van der Waals surface area contributed by atoms with E-state index >= 15 is 0 Å². The number of carbonyl (C=O) groups is 3. The molecule has 2 rings (SSSR count). The Labute approximate surface area is 126 Å². The van der Waals surface area contributed by atoms with E-state index in [-0.39, 0.29) is 42.7 Å². The Kier molecular flexibility index (Phi) is 4.59. The molecule has 1 aliphatic heterocycles. The summed E-state index contributed by atoms with van der Waals surface area (Å²) >= 11 is 5.82. The van der Waals surface area contributed by atoms with Gasteiger partial charge in [-0.2, -0.15) is 0 Å². The third kappa shape index (κ3) is 3.82. The number of amides is 2. The number of nitrogens with one attached hydrogen (secondary N) is 1. The lowest BCUT2D eigenvalue weighted by Crippen LogP contribution is -2.38. The van der Waals surface area contributed by atoms with E-state index in [4.69, 9.17) is 17.3 Å². The molecule has 0 aliphatic carbocycles. The average Bonchev–Trinajstić information content (AvgIpc) is 2.43. The summed E-state index contributed by atoms with van der Waals surface area (Å²) < 4.78 is 0. The molecule has 0 aromatic heterocycles. The Bertz CT molecular complexity index is 628. The smallest absolute Gasteiger partial charge is 0.253 e. The van der Waals surface area contributed by atoms with E-state index in [1.54, 1.807) is 12.1 Å². The van der Waals surface area contributed by atoms with Crippen LogP contribution in [0.3, 0.4) is 0 Å². The van der Waals surface area contributed by atoms with Crippen LogP contribution in [0.15, 0.2) is 30.5 Å². The first-order valence-corrected chi connectivity index (χ1v) is 6.69. The molecule has 0 fully saturated rings. The van der Waals surface area contributed by atoms with Crippen LogP contribution in [0.2, 0.25) is 5.02 Å². The van der Waals surface area contributed by atoms with Crippen LogP contribution in [0.5, 0.6) is 0 Å². The fourth-order valence-corrected chi connectivity index (χ4v) is 2.05. The van der Waals surface area contributed by atoms with Gasteiger partial charge in [0, 0.05) is 30.0 Å². The zero-order chi connectivity index (χ0) is 15.4. The molecule has 0 atom stereocenters. The summed E-state index contributed by atoms with van der Waals surface area (Å²) in [4.78, 5) is 35.9. The molecule has 21 heavy (non-hydrogen) atoms. The van der Waals surface area contributed by atoms with E-state index in [0.717, 1.165) is 0 Å². The maximum absolute atomic E-state index is 12.0. The number of hydrogen-bond acceptors (Lipinski definition) is 4. The summed E-state index contributed by atoms with van der Waals surface area (Å²) in [6.07, 6.45) is 2.64. The summed E-state index contributed by atoms with van der Waals surface area (Å²) in [7, 11) is 0. The van der Waals surface area contributed by atoms with Crippen molar-refractivity contribution in [1.82, 2.24) is 10.2 Å². The van der Waals surface area contributed by atoms with E-state index in [2.05, 4.69) is 5.32 Å². The Morgan fingerprint density at radius 1 is 1.38 bits per heavy atom. The highest BCUT2D eigenvalue weighted by atomic mass is 35.5. The zero-order valence-corrected chi connectivity index (χ0v) is 11.9. The number of nitrogens with zero attached hydrogens (tertiary/aromatic N) is 1. The van der Waals surface area contributed by atoms with Gasteiger partial charge in [0.05, 0.1) is 12.0 Å². The predicted octanol–water partition coefficient (Wildman–Crippen LogP) is 0.967. The van der Waals surface area contributed by atoms with E-state index in [9.17, 15) is 14.4 Å². The van der Waals surface area contributed by atoms with Crippen molar-refractivity contribution >= 4 is 34.9 Å². The normalized spacial score (nSPS) is 14.4. The molecule has 0 saturated carbocycles. The fourth-order valence-electron chi connectivity index (χ4n) is 1.88. The molecule has 6 nitrogen and oxygen atoms in total. The summed E-state index contributed by atoms with van der Waals surface area (Å²) in [6.45, 7) is 0.532. The van der Waals surface area contributed by atoms with Crippen LogP contribution in [0.4, 0.5) is 5.69 Å². The van der Waals surface area contributed by atoms with Crippen LogP contribution < -0.4 is 11.1 Å². The minimum absolute atomic E-state index is 0.133. The number of anilines is 1. The molecule has 0 bridgehead atoms. The molecule has 1 heterocycles. The topological polar surface area (TPSA) is 92.5 Å². The Morgan fingerprint density at radius 2 is 2.14 bits per heavy atom. The van der Waals surface area contributed by atoms with E-state index < -0.39 is 0 Å². The van der Waals surface area contributed by atoms with Crippen molar-refractivity contribution in [3.8, 4) is 0 Å².